The molecule has 3 aromatic heterocycles. The lowest BCUT2D eigenvalue weighted by Gasteiger charge is -2.13. The molecule has 0 saturated heterocycles. The van der Waals surface area contributed by atoms with E-state index in [0.29, 0.717) is 5.82 Å². The lowest BCUT2D eigenvalue weighted by molar-refractivity contribution is 0.669. The maximum absolute atomic E-state index is 6.27. The summed E-state index contributed by atoms with van der Waals surface area (Å²) in [7, 11) is 0. The summed E-state index contributed by atoms with van der Waals surface area (Å²) < 4.78 is 8.65. The monoisotopic (exact) mass is 715 g/mol. The Labute approximate surface area is 323 Å². The molecule has 0 aliphatic rings. The quantitative estimate of drug-likeness (QED) is 0.172. The minimum Gasteiger partial charge on any atom is -0.456 e. The molecule has 0 aliphatic carbocycles. The van der Waals surface area contributed by atoms with Gasteiger partial charge in [-0.1, -0.05) is 152 Å². The Morgan fingerprint density at radius 1 is 0.357 bits per heavy atom. The second kappa shape index (κ2) is 13.1. The average Bonchev–Trinajstić information content (AvgIpc) is 3.83. The van der Waals surface area contributed by atoms with Gasteiger partial charge in [-0.15, -0.1) is 0 Å². The van der Waals surface area contributed by atoms with Gasteiger partial charge in [0.25, 0.3) is 0 Å². The van der Waals surface area contributed by atoms with Crippen LogP contribution in [-0.2, 0) is 0 Å². The second-order valence-corrected chi connectivity index (χ2v) is 14.2. The molecule has 0 N–H and O–H groups in total. The van der Waals surface area contributed by atoms with Gasteiger partial charge in [-0.2, -0.15) is 0 Å². The maximum atomic E-state index is 6.27. The molecule has 4 nitrogen and oxygen atoms in total. The fourth-order valence-electron chi connectivity index (χ4n) is 8.19. The van der Waals surface area contributed by atoms with Crippen molar-refractivity contribution in [2.75, 3.05) is 0 Å². The molecule has 11 rings (SSSR count). The van der Waals surface area contributed by atoms with E-state index in [4.69, 9.17) is 14.4 Å². The molecular weight excluding hydrogens is 683 g/mol. The van der Waals surface area contributed by atoms with Gasteiger partial charge in [0.2, 0.25) is 0 Å². The van der Waals surface area contributed by atoms with Crippen LogP contribution >= 0.6 is 0 Å². The van der Waals surface area contributed by atoms with Crippen LogP contribution in [0.3, 0.4) is 0 Å². The van der Waals surface area contributed by atoms with Crippen molar-refractivity contribution < 1.29 is 4.42 Å². The van der Waals surface area contributed by atoms with Crippen molar-refractivity contribution in [3.05, 3.63) is 200 Å². The van der Waals surface area contributed by atoms with E-state index in [1.54, 1.807) is 0 Å². The Bertz CT molecular complexity index is 3250. The summed E-state index contributed by atoms with van der Waals surface area (Å²) >= 11 is 0. The van der Waals surface area contributed by atoms with E-state index < -0.39 is 0 Å². The van der Waals surface area contributed by atoms with E-state index in [1.807, 2.05) is 24.3 Å². The molecule has 0 unspecified atom stereocenters. The number of benzene rings is 8. The summed E-state index contributed by atoms with van der Waals surface area (Å²) in [5.41, 5.74) is 14.5. The van der Waals surface area contributed by atoms with Crippen molar-refractivity contribution in [1.29, 1.82) is 0 Å². The van der Waals surface area contributed by atoms with Crippen LogP contribution in [0.2, 0.25) is 0 Å². The molecular formula is C52H33N3O. The van der Waals surface area contributed by atoms with Gasteiger partial charge < -0.3 is 8.98 Å². The highest BCUT2D eigenvalue weighted by atomic mass is 16.3. The zero-order chi connectivity index (χ0) is 37.0. The summed E-state index contributed by atoms with van der Waals surface area (Å²) in [6, 6.07) is 70.3. The van der Waals surface area contributed by atoms with Gasteiger partial charge in [0.15, 0.2) is 5.82 Å². The third-order valence-electron chi connectivity index (χ3n) is 10.8. The van der Waals surface area contributed by atoms with Gasteiger partial charge in [0.1, 0.15) is 11.2 Å². The summed E-state index contributed by atoms with van der Waals surface area (Å²) in [6.45, 7) is 0. The van der Waals surface area contributed by atoms with E-state index in [0.717, 1.165) is 89.0 Å². The van der Waals surface area contributed by atoms with Gasteiger partial charge >= 0.3 is 0 Å². The van der Waals surface area contributed by atoms with Gasteiger partial charge in [0.05, 0.1) is 22.4 Å². The van der Waals surface area contributed by atoms with Gasteiger partial charge in [0, 0.05) is 43.9 Å². The van der Waals surface area contributed by atoms with Crippen molar-refractivity contribution in [3.8, 4) is 61.8 Å². The Balaban J connectivity index is 1.09. The molecule has 3 heterocycles. The number of furan rings is 1. The lowest BCUT2D eigenvalue weighted by atomic mass is 9.99. The van der Waals surface area contributed by atoms with Crippen molar-refractivity contribution in [2.45, 2.75) is 0 Å². The van der Waals surface area contributed by atoms with Gasteiger partial charge in [-0.25, -0.2) is 9.97 Å². The zero-order valence-electron chi connectivity index (χ0n) is 30.3. The van der Waals surface area contributed by atoms with Crippen LogP contribution in [-0.4, -0.2) is 14.5 Å². The van der Waals surface area contributed by atoms with Crippen molar-refractivity contribution >= 4 is 43.7 Å². The van der Waals surface area contributed by atoms with Crippen molar-refractivity contribution in [2.24, 2.45) is 0 Å². The molecule has 0 bridgehead atoms. The van der Waals surface area contributed by atoms with Crippen LogP contribution in [0.25, 0.3) is 106 Å². The highest BCUT2D eigenvalue weighted by Gasteiger charge is 2.18. The minimum absolute atomic E-state index is 0.688. The standard InChI is InChI=1S/C52H33N3O/c1-3-14-34(15-4-1)36-18-11-20-39(30-36)52-53-45(35-16-5-2-6-17-35)33-46(54-52)38-28-29-43-42-22-7-9-25-47(42)55(48(43)32-38)40-21-12-19-37(31-40)41-24-13-27-50-51(41)44-23-8-10-26-49(44)56-50/h1-33H. The highest BCUT2D eigenvalue weighted by molar-refractivity contribution is 6.13. The molecule has 4 heteroatoms. The van der Waals surface area contributed by atoms with Crippen LogP contribution in [0, 0.1) is 0 Å². The first kappa shape index (κ1) is 31.9. The Kier molecular flexibility index (Phi) is 7.46. The first-order valence-corrected chi connectivity index (χ1v) is 18.9. The van der Waals surface area contributed by atoms with Gasteiger partial charge in [-0.05, 0) is 70.8 Å². The summed E-state index contributed by atoms with van der Waals surface area (Å²) in [5.74, 6) is 0.688. The van der Waals surface area contributed by atoms with E-state index in [2.05, 4.69) is 180 Å². The molecule has 0 fully saturated rings. The SMILES string of the molecule is c1ccc(-c2cccc(-c3nc(-c4ccccc4)cc(-c4ccc5c6ccccc6n(-c6cccc(-c7cccc8oc9ccccc9c78)c6)c5c4)n3)c2)cc1. The van der Waals surface area contributed by atoms with Crippen LogP contribution in [0.4, 0.5) is 0 Å². The molecule has 0 atom stereocenters. The molecule has 0 aliphatic heterocycles. The third kappa shape index (κ3) is 5.39. The molecule has 0 radical (unpaired) electrons. The second-order valence-electron chi connectivity index (χ2n) is 14.2. The minimum atomic E-state index is 0.688. The van der Waals surface area contributed by atoms with Crippen molar-refractivity contribution in [1.82, 2.24) is 14.5 Å². The fraction of sp³-hybridized carbons (Fsp3) is 0. The van der Waals surface area contributed by atoms with Crippen molar-refractivity contribution in [3.63, 3.8) is 0 Å². The topological polar surface area (TPSA) is 43.9 Å². The molecule has 0 saturated carbocycles. The smallest absolute Gasteiger partial charge is 0.160 e. The fourth-order valence-corrected chi connectivity index (χ4v) is 8.19. The lowest BCUT2D eigenvalue weighted by Crippen LogP contribution is -1.97. The summed E-state index contributed by atoms with van der Waals surface area (Å²) in [4.78, 5) is 10.4. The van der Waals surface area contributed by atoms with Gasteiger partial charge in [-0.3, -0.25) is 0 Å². The van der Waals surface area contributed by atoms with E-state index >= 15 is 0 Å². The van der Waals surface area contributed by atoms with E-state index in [-0.39, 0.29) is 0 Å². The molecule has 0 amide bonds. The number of nitrogens with zero attached hydrogens (tertiary/aromatic N) is 3. The number of hydrogen-bond donors (Lipinski definition) is 0. The Hall–Kier alpha value is -7.56. The Morgan fingerprint density at radius 2 is 0.982 bits per heavy atom. The van der Waals surface area contributed by atoms with Crippen LogP contribution < -0.4 is 0 Å². The number of aromatic nitrogens is 3. The van der Waals surface area contributed by atoms with E-state index in [1.165, 1.54) is 10.8 Å². The molecule has 8 aromatic carbocycles. The van der Waals surface area contributed by atoms with E-state index in [9.17, 15) is 0 Å². The molecule has 0 spiro atoms. The average molecular weight is 716 g/mol. The molecule has 56 heavy (non-hydrogen) atoms. The zero-order valence-corrected chi connectivity index (χ0v) is 30.3. The van der Waals surface area contributed by atoms with Crippen LogP contribution in [0.5, 0.6) is 0 Å². The number of fused-ring (bicyclic) bond motifs is 6. The number of hydrogen-bond acceptors (Lipinski definition) is 3. The summed E-state index contributed by atoms with van der Waals surface area (Å²) in [6.07, 6.45) is 0. The highest BCUT2D eigenvalue weighted by Crippen LogP contribution is 2.40. The van der Waals surface area contributed by atoms with Crippen LogP contribution in [0.1, 0.15) is 0 Å². The molecule has 11 aromatic rings. The normalized spacial score (nSPS) is 11.6. The first-order valence-electron chi connectivity index (χ1n) is 18.9. The number of rotatable bonds is 6. The third-order valence-corrected chi connectivity index (χ3v) is 10.8. The molecule has 262 valence electrons. The summed E-state index contributed by atoms with van der Waals surface area (Å²) in [5, 5.41) is 4.64. The first-order chi connectivity index (χ1) is 27.7. The Morgan fingerprint density at radius 3 is 1.84 bits per heavy atom. The largest absolute Gasteiger partial charge is 0.456 e. The maximum Gasteiger partial charge on any atom is 0.160 e. The number of para-hydroxylation sites is 2. The predicted molar refractivity (Wildman–Crippen MR) is 231 cm³/mol. The predicted octanol–water partition coefficient (Wildman–Crippen LogP) is 13.8. The van der Waals surface area contributed by atoms with Crippen LogP contribution in [0.15, 0.2) is 205 Å².